The van der Waals surface area contributed by atoms with Crippen LogP contribution in [-0.2, 0) is 21.1 Å². The number of rotatable bonds is 4. The molecule has 1 aromatic heterocycles. The number of carbonyl (C=O) groups excluding carboxylic acids is 1. The van der Waals surface area contributed by atoms with Gasteiger partial charge in [-0.1, -0.05) is 0 Å². The SMILES string of the molecule is O=C(CCc1nc2ccc(F)cc2[nH]1)NC1CCS(=O)(=O)CC1. The summed E-state index contributed by atoms with van der Waals surface area (Å²) in [5, 5.41) is 2.86. The molecule has 0 radical (unpaired) electrons. The molecule has 1 amide bonds. The average Bonchev–Trinajstić information content (AvgIpc) is 2.89. The van der Waals surface area contributed by atoms with Gasteiger partial charge in [0.2, 0.25) is 5.91 Å². The second-order valence-corrected chi connectivity index (χ2v) is 8.14. The van der Waals surface area contributed by atoms with Gasteiger partial charge in [0.1, 0.15) is 21.5 Å². The van der Waals surface area contributed by atoms with Crippen LogP contribution in [0.1, 0.15) is 25.1 Å². The van der Waals surface area contributed by atoms with Crippen molar-refractivity contribution in [1.29, 1.82) is 0 Å². The molecule has 0 saturated carbocycles. The molecule has 1 aliphatic rings. The van der Waals surface area contributed by atoms with Crippen molar-refractivity contribution in [3.8, 4) is 0 Å². The first kappa shape index (κ1) is 15.9. The lowest BCUT2D eigenvalue weighted by atomic mass is 10.1. The van der Waals surface area contributed by atoms with Crippen molar-refractivity contribution in [2.24, 2.45) is 0 Å². The topological polar surface area (TPSA) is 91.9 Å². The fraction of sp³-hybridized carbons (Fsp3) is 0.467. The number of hydrogen-bond acceptors (Lipinski definition) is 4. The molecule has 1 aliphatic heterocycles. The molecule has 0 spiro atoms. The Morgan fingerprint density at radius 2 is 2.09 bits per heavy atom. The lowest BCUT2D eigenvalue weighted by Gasteiger charge is -2.22. The maximum Gasteiger partial charge on any atom is 0.220 e. The molecule has 3 rings (SSSR count). The summed E-state index contributed by atoms with van der Waals surface area (Å²) in [4.78, 5) is 19.3. The molecule has 1 saturated heterocycles. The first-order chi connectivity index (χ1) is 10.9. The van der Waals surface area contributed by atoms with Crippen LogP contribution in [0.25, 0.3) is 11.0 Å². The van der Waals surface area contributed by atoms with E-state index in [4.69, 9.17) is 0 Å². The van der Waals surface area contributed by atoms with Crippen molar-refractivity contribution >= 4 is 26.8 Å². The predicted octanol–water partition coefficient (Wildman–Crippen LogP) is 1.33. The summed E-state index contributed by atoms with van der Waals surface area (Å²) >= 11 is 0. The summed E-state index contributed by atoms with van der Waals surface area (Å²) in [6, 6.07) is 4.23. The van der Waals surface area contributed by atoms with Crippen LogP contribution in [0.4, 0.5) is 4.39 Å². The van der Waals surface area contributed by atoms with Gasteiger partial charge in [0.05, 0.1) is 22.5 Å². The maximum absolute atomic E-state index is 13.1. The number of hydrogen-bond donors (Lipinski definition) is 2. The molecule has 2 aromatic rings. The van der Waals surface area contributed by atoms with E-state index in [0.29, 0.717) is 36.1 Å². The van der Waals surface area contributed by atoms with Gasteiger partial charge in [-0.05, 0) is 31.0 Å². The number of amides is 1. The lowest BCUT2D eigenvalue weighted by molar-refractivity contribution is -0.121. The molecule has 8 heteroatoms. The number of aromatic amines is 1. The molecule has 1 aromatic carbocycles. The van der Waals surface area contributed by atoms with Crippen LogP contribution < -0.4 is 5.32 Å². The number of nitrogens with one attached hydrogen (secondary N) is 2. The molecule has 0 aliphatic carbocycles. The van der Waals surface area contributed by atoms with Crippen LogP contribution in [0.5, 0.6) is 0 Å². The molecular formula is C15H18FN3O3S. The fourth-order valence-corrected chi connectivity index (χ4v) is 4.21. The maximum atomic E-state index is 13.1. The Bertz CT molecular complexity index is 818. The molecular weight excluding hydrogens is 321 g/mol. The van der Waals surface area contributed by atoms with E-state index in [1.807, 2.05) is 0 Å². The Labute approximate surface area is 133 Å². The summed E-state index contributed by atoms with van der Waals surface area (Å²) in [6.45, 7) is 0. The van der Waals surface area contributed by atoms with Crippen LogP contribution >= 0.6 is 0 Å². The number of imidazole rings is 1. The number of H-pyrrole nitrogens is 1. The minimum absolute atomic E-state index is 0.0733. The second-order valence-electron chi connectivity index (χ2n) is 5.84. The van der Waals surface area contributed by atoms with Crippen molar-refractivity contribution in [3.05, 3.63) is 29.8 Å². The zero-order valence-corrected chi connectivity index (χ0v) is 13.3. The van der Waals surface area contributed by atoms with Gasteiger partial charge in [0.15, 0.2) is 0 Å². The van der Waals surface area contributed by atoms with E-state index < -0.39 is 9.84 Å². The highest BCUT2D eigenvalue weighted by molar-refractivity contribution is 7.91. The number of sulfone groups is 1. The molecule has 1 fully saturated rings. The van der Waals surface area contributed by atoms with Crippen molar-refractivity contribution in [1.82, 2.24) is 15.3 Å². The number of aromatic nitrogens is 2. The monoisotopic (exact) mass is 339 g/mol. The highest BCUT2D eigenvalue weighted by Crippen LogP contribution is 2.15. The Morgan fingerprint density at radius 3 is 2.83 bits per heavy atom. The highest BCUT2D eigenvalue weighted by atomic mass is 32.2. The second kappa shape index (κ2) is 6.27. The zero-order valence-electron chi connectivity index (χ0n) is 12.5. The number of carbonyl (C=O) groups is 1. The van der Waals surface area contributed by atoms with Crippen LogP contribution in [0.15, 0.2) is 18.2 Å². The van der Waals surface area contributed by atoms with Gasteiger partial charge in [-0.2, -0.15) is 0 Å². The van der Waals surface area contributed by atoms with Crippen LogP contribution in [-0.4, -0.2) is 41.8 Å². The van der Waals surface area contributed by atoms with E-state index in [1.165, 1.54) is 12.1 Å². The smallest absolute Gasteiger partial charge is 0.220 e. The Morgan fingerprint density at radius 1 is 1.35 bits per heavy atom. The number of aryl methyl sites for hydroxylation is 1. The average molecular weight is 339 g/mol. The number of halogens is 1. The van der Waals surface area contributed by atoms with Crippen molar-refractivity contribution in [2.75, 3.05) is 11.5 Å². The normalized spacial score (nSPS) is 18.1. The van der Waals surface area contributed by atoms with Crippen LogP contribution in [0.2, 0.25) is 0 Å². The molecule has 124 valence electrons. The number of fused-ring (bicyclic) bond motifs is 1. The van der Waals surface area contributed by atoms with Crippen molar-refractivity contribution in [3.63, 3.8) is 0 Å². The Balaban J connectivity index is 1.52. The molecule has 0 atom stereocenters. The van der Waals surface area contributed by atoms with Crippen LogP contribution in [0.3, 0.4) is 0 Å². The molecule has 2 N–H and O–H groups in total. The first-order valence-corrected chi connectivity index (χ1v) is 9.37. The number of nitrogens with zero attached hydrogens (tertiary/aromatic N) is 1. The minimum Gasteiger partial charge on any atom is -0.353 e. The summed E-state index contributed by atoms with van der Waals surface area (Å²) in [6.07, 6.45) is 1.62. The molecule has 0 bridgehead atoms. The Hall–Kier alpha value is -1.96. The molecule has 6 nitrogen and oxygen atoms in total. The lowest BCUT2D eigenvalue weighted by Crippen LogP contribution is -2.40. The number of benzene rings is 1. The molecule has 23 heavy (non-hydrogen) atoms. The Kier molecular flexibility index (Phi) is 4.34. The van der Waals surface area contributed by atoms with Gasteiger partial charge in [-0.25, -0.2) is 17.8 Å². The van der Waals surface area contributed by atoms with Crippen LogP contribution in [0, 0.1) is 5.82 Å². The molecule has 2 heterocycles. The highest BCUT2D eigenvalue weighted by Gasteiger charge is 2.24. The van der Waals surface area contributed by atoms with Gasteiger partial charge in [0.25, 0.3) is 0 Å². The molecule has 0 unspecified atom stereocenters. The van der Waals surface area contributed by atoms with E-state index in [-0.39, 0.29) is 35.7 Å². The summed E-state index contributed by atoms with van der Waals surface area (Å²) in [5.74, 6) is 0.436. The van der Waals surface area contributed by atoms with E-state index in [2.05, 4.69) is 15.3 Å². The summed E-state index contributed by atoms with van der Waals surface area (Å²) < 4.78 is 35.8. The third-order valence-electron chi connectivity index (χ3n) is 4.00. The van der Waals surface area contributed by atoms with Gasteiger partial charge in [-0.15, -0.1) is 0 Å². The van der Waals surface area contributed by atoms with Gasteiger partial charge < -0.3 is 10.3 Å². The van der Waals surface area contributed by atoms with E-state index in [1.54, 1.807) is 6.07 Å². The fourth-order valence-electron chi connectivity index (χ4n) is 2.72. The third-order valence-corrected chi connectivity index (χ3v) is 5.72. The van der Waals surface area contributed by atoms with Crippen molar-refractivity contribution in [2.45, 2.75) is 31.7 Å². The predicted molar refractivity (Wildman–Crippen MR) is 84.2 cm³/mol. The van der Waals surface area contributed by atoms with Gasteiger partial charge >= 0.3 is 0 Å². The van der Waals surface area contributed by atoms with E-state index >= 15 is 0 Å². The van der Waals surface area contributed by atoms with Crippen molar-refractivity contribution < 1.29 is 17.6 Å². The van der Waals surface area contributed by atoms with Gasteiger partial charge in [-0.3, -0.25) is 4.79 Å². The zero-order chi connectivity index (χ0) is 16.4. The van der Waals surface area contributed by atoms with Gasteiger partial charge in [0, 0.05) is 18.9 Å². The van der Waals surface area contributed by atoms with E-state index in [9.17, 15) is 17.6 Å². The summed E-state index contributed by atoms with van der Waals surface area (Å²) in [7, 11) is -2.92. The summed E-state index contributed by atoms with van der Waals surface area (Å²) in [5.41, 5.74) is 1.28. The third kappa shape index (κ3) is 4.07. The minimum atomic E-state index is -2.92. The quantitative estimate of drug-likeness (QED) is 0.879. The standard InChI is InChI=1S/C15H18FN3O3S/c16-10-1-2-12-13(9-10)19-14(18-12)3-4-15(20)17-11-5-7-23(21,22)8-6-11/h1-2,9,11H,3-8H2,(H,17,20)(H,18,19). The largest absolute Gasteiger partial charge is 0.353 e. The van der Waals surface area contributed by atoms with E-state index in [0.717, 1.165) is 0 Å². The first-order valence-electron chi connectivity index (χ1n) is 7.55.